The molecule has 0 radical (unpaired) electrons. The van der Waals surface area contributed by atoms with Gasteiger partial charge in [0.25, 0.3) is 0 Å². The molecule has 5 heteroatoms. The normalized spacial score (nSPS) is 12.2. The zero-order valence-corrected chi connectivity index (χ0v) is 14.6. The predicted octanol–water partition coefficient (Wildman–Crippen LogP) is 4.12. The number of carbonyl (C=O) groups is 1. The topological polar surface area (TPSA) is 58.6 Å². The summed E-state index contributed by atoms with van der Waals surface area (Å²) in [6, 6.07) is 14.6. The number of hydrogen-bond acceptors (Lipinski definition) is 3. The highest BCUT2D eigenvalue weighted by molar-refractivity contribution is 6.30. The van der Waals surface area contributed by atoms with Crippen molar-refractivity contribution >= 4 is 17.6 Å². The highest BCUT2D eigenvalue weighted by Gasteiger charge is 2.21. The quantitative estimate of drug-likeness (QED) is 0.754. The van der Waals surface area contributed by atoms with Gasteiger partial charge in [-0.3, -0.25) is 10.1 Å². The highest BCUT2D eigenvalue weighted by Crippen LogP contribution is 2.24. The van der Waals surface area contributed by atoms with Crippen molar-refractivity contribution < 1.29 is 14.6 Å². The molecule has 0 aliphatic carbocycles. The molecule has 0 aliphatic rings. The molecule has 2 aromatic rings. The fourth-order valence-corrected chi connectivity index (χ4v) is 2.59. The van der Waals surface area contributed by atoms with Crippen LogP contribution in [0.3, 0.4) is 0 Å². The van der Waals surface area contributed by atoms with Gasteiger partial charge in [0.2, 0.25) is 0 Å². The van der Waals surface area contributed by atoms with E-state index in [1.54, 1.807) is 12.1 Å². The van der Waals surface area contributed by atoms with Crippen LogP contribution < -0.4 is 10.1 Å². The van der Waals surface area contributed by atoms with E-state index in [-0.39, 0.29) is 5.92 Å². The molecule has 0 fully saturated rings. The van der Waals surface area contributed by atoms with Crippen molar-refractivity contribution in [3.63, 3.8) is 0 Å². The van der Waals surface area contributed by atoms with E-state index in [4.69, 9.17) is 16.3 Å². The van der Waals surface area contributed by atoms with Gasteiger partial charge in [0.05, 0.1) is 0 Å². The molecule has 0 saturated carbocycles. The Hall–Kier alpha value is -2.04. The van der Waals surface area contributed by atoms with Crippen molar-refractivity contribution in [2.45, 2.75) is 33.0 Å². The summed E-state index contributed by atoms with van der Waals surface area (Å²) in [5.74, 6) is -0.183. The van der Waals surface area contributed by atoms with Crippen LogP contribution in [-0.2, 0) is 17.9 Å². The monoisotopic (exact) mass is 347 g/mol. The number of benzene rings is 2. The third-order valence-corrected chi connectivity index (χ3v) is 3.94. The van der Waals surface area contributed by atoms with Gasteiger partial charge >= 0.3 is 5.97 Å². The average Bonchev–Trinajstić information content (AvgIpc) is 2.54. The summed E-state index contributed by atoms with van der Waals surface area (Å²) >= 11 is 6.07. The Morgan fingerprint density at radius 1 is 1.21 bits per heavy atom. The standard InChI is InChI=1S/C19H22ClNO3/c1-13(2)18(19(22)23)21-11-15-10-16(20)8-9-17(15)24-12-14-6-4-3-5-7-14/h3-10,13,18,21H,11-12H2,1-2H3,(H,22,23). The Bertz CT molecular complexity index is 674. The van der Waals surface area contributed by atoms with Crippen LogP contribution in [-0.4, -0.2) is 17.1 Å². The third kappa shape index (κ3) is 5.25. The summed E-state index contributed by atoms with van der Waals surface area (Å²) in [4.78, 5) is 11.3. The Morgan fingerprint density at radius 3 is 2.54 bits per heavy atom. The fraction of sp³-hybridized carbons (Fsp3) is 0.316. The highest BCUT2D eigenvalue weighted by atomic mass is 35.5. The van der Waals surface area contributed by atoms with E-state index in [0.29, 0.717) is 23.9 Å². The Kier molecular flexibility index (Phi) is 6.64. The molecule has 1 unspecified atom stereocenters. The summed E-state index contributed by atoms with van der Waals surface area (Å²) in [6.45, 7) is 4.56. The molecule has 4 nitrogen and oxygen atoms in total. The first kappa shape index (κ1) is 18.3. The first-order valence-electron chi connectivity index (χ1n) is 7.88. The molecule has 0 amide bonds. The maximum atomic E-state index is 11.3. The van der Waals surface area contributed by atoms with Crippen LogP contribution in [0.5, 0.6) is 5.75 Å². The first-order valence-corrected chi connectivity index (χ1v) is 8.26. The van der Waals surface area contributed by atoms with E-state index in [2.05, 4.69) is 5.32 Å². The van der Waals surface area contributed by atoms with E-state index in [9.17, 15) is 9.90 Å². The zero-order valence-electron chi connectivity index (χ0n) is 13.8. The Morgan fingerprint density at radius 2 is 1.92 bits per heavy atom. The van der Waals surface area contributed by atoms with Gasteiger partial charge in [-0.05, 0) is 29.7 Å². The molecule has 0 spiro atoms. The van der Waals surface area contributed by atoms with Crippen molar-refractivity contribution in [3.8, 4) is 5.75 Å². The third-order valence-electron chi connectivity index (χ3n) is 3.70. The molecule has 2 rings (SSSR count). The number of ether oxygens (including phenoxy) is 1. The molecule has 0 aliphatic heterocycles. The van der Waals surface area contributed by atoms with Gasteiger partial charge in [0.15, 0.2) is 0 Å². The number of rotatable bonds is 8. The van der Waals surface area contributed by atoms with E-state index in [1.807, 2.05) is 50.2 Å². The van der Waals surface area contributed by atoms with E-state index >= 15 is 0 Å². The molecule has 128 valence electrons. The Labute approximate surface area is 147 Å². The lowest BCUT2D eigenvalue weighted by Crippen LogP contribution is -2.40. The largest absolute Gasteiger partial charge is 0.489 e. The summed E-state index contributed by atoms with van der Waals surface area (Å²) in [7, 11) is 0. The maximum absolute atomic E-state index is 11.3. The predicted molar refractivity (Wildman–Crippen MR) is 95.3 cm³/mol. The van der Waals surface area contributed by atoms with Crippen molar-refractivity contribution in [3.05, 3.63) is 64.7 Å². The molecule has 0 saturated heterocycles. The van der Waals surface area contributed by atoms with E-state index in [1.165, 1.54) is 0 Å². The summed E-state index contributed by atoms with van der Waals surface area (Å²) < 4.78 is 5.89. The minimum Gasteiger partial charge on any atom is -0.489 e. The van der Waals surface area contributed by atoms with Crippen LogP contribution in [0.25, 0.3) is 0 Å². The van der Waals surface area contributed by atoms with Crippen LogP contribution in [0.2, 0.25) is 5.02 Å². The van der Waals surface area contributed by atoms with Gasteiger partial charge in [0.1, 0.15) is 18.4 Å². The number of nitrogens with one attached hydrogen (secondary N) is 1. The minimum atomic E-state index is -0.862. The van der Waals surface area contributed by atoms with Crippen LogP contribution in [0.4, 0.5) is 0 Å². The SMILES string of the molecule is CC(C)C(NCc1cc(Cl)ccc1OCc1ccccc1)C(=O)O. The minimum absolute atomic E-state index is 0.0182. The van der Waals surface area contributed by atoms with Crippen molar-refractivity contribution in [1.82, 2.24) is 5.32 Å². The van der Waals surface area contributed by atoms with Gasteiger partial charge in [-0.15, -0.1) is 0 Å². The number of aliphatic carboxylic acids is 1. The second-order valence-electron chi connectivity index (χ2n) is 5.97. The van der Waals surface area contributed by atoms with Gasteiger partial charge in [0, 0.05) is 17.1 Å². The Balaban J connectivity index is 2.08. The zero-order chi connectivity index (χ0) is 17.5. The molecule has 0 aromatic heterocycles. The number of carboxylic acid groups (broad SMARTS) is 1. The molecule has 24 heavy (non-hydrogen) atoms. The molecule has 1 atom stereocenters. The lowest BCUT2D eigenvalue weighted by Gasteiger charge is -2.19. The smallest absolute Gasteiger partial charge is 0.320 e. The number of carboxylic acids is 1. The van der Waals surface area contributed by atoms with Gasteiger partial charge < -0.3 is 9.84 Å². The maximum Gasteiger partial charge on any atom is 0.320 e. The average molecular weight is 348 g/mol. The molecule has 0 bridgehead atoms. The van der Waals surface area contributed by atoms with E-state index in [0.717, 1.165) is 11.1 Å². The summed E-state index contributed by atoms with van der Waals surface area (Å²) in [5.41, 5.74) is 1.90. The van der Waals surface area contributed by atoms with E-state index < -0.39 is 12.0 Å². The fourth-order valence-electron chi connectivity index (χ4n) is 2.39. The molecule has 0 heterocycles. The number of hydrogen-bond donors (Lipinski definition) is 2. The van der Waals surface area contributed by atoms with Crippen molar-refractivity contribution in [2.75, 3.05) is 0 Å². The van der Waals surface area contributed by atoms with Crippen molar-refractivity contribution in [2.24, 2.45) is 5.92 Å². The van der Waals surface area contributed by atoms with Crippen LogP contribution >= 0.6 is 11.6 Å². The second-order valence-corrected chi connectivity index (χ2v) is 6.40. The lowest BCUT2D eigenvalue weighted by atomic mass is 10.0. The summed E-state index contributed by atoms with van der Waals surface area (Å²) in [6.07, 6.45) is 0. The molecule has 2 aromatic carbocycles. The molecular formula is C19H22ClNO3. The van der Waals surface area contributed by atoms with Gasteiger partial charge in [-0.25, -0.2) is 0 Å². The number of halogens is 1. The van der Waals surface area contributed by atoms with Gasteiger partial charge in [-0.2, -0.15) is 0 Å². The van der Waals surface area contributed by atoms with Crippen LogP contribution in [0.15, 0.2) is 48.5 Å². The van der Waals surface area contributed by atoms with Crippen molar-refractivity contribution in [1.29, 1.82) is 0 Å². The second kappa shape index (κ2) is 8.71. The van der Waals surface area contributed by atoms with Crippen LogP contribution in [0.1, 0.15) is 25.0 Å². The molecule has 2 N–H and O–H groups in total. The lowest BCUT2D eigenvalue weighted by molar-refractivity contribution is -0.140. The first-order chi connectivity index (χ1) is 11.5. The van der Waals surface area contributed by atoms with Gasteiger partial charge in [-0.1, -0.05) is 55.8 Å². The molecular weight excluding hydrogens is 326 g/mol. The summed E-state index contributed by atoms with van der Waals surface area (Å²) in [5, 5.41) is 12.9. The van der Waals surface area contributed by atoms with Crippen LogP contribution in [0, 0.1) is 5.92 Å².